The summed E-state index contributed by atoms with van der Waals surface area (Å²) in [4.78, 5) is 30.3. The molecule has 0 saturated heterocycles. The maximum Gasteiger partial charge on any atom is 0.344 e. The number of ether oxygens (including phenoxy) is 2. The summed E-state index contributed by atoms with van der Waals surface area (Å²) in [6.45, 7) is 0.0521. The van der Waals surface area contributed by atoms with Crippen molar-refractivity contribution < 1.29 is 19.1 Å². The number of halogens is 1. The van der Waals surface area contributed by atoms with Gasteiger partial charge in [0.05, 0.1) is 18.0 Å². The summed E-state index contributed by atoms with van der Waals surface area (Å²) in [5.41, 5.74) is 0.176. The molecule has 2 aromatic heterocycles. The third-order valence-corrected chi connectivity index (χ3v) is 4.17. The minimum atomic E-state index is -0.657. The lowest BCUT2D eigenvalue weighted by Gasteiger charge is -2.16. The van der Waals surface area contributed by atoms with Crippen LogP contribution in [0.25, 0.3) is 0 Å². The van der Waals surface area contributed by atoms with Gasteiger partial charge in [0.15, 0.2) is 6.61 Å². The molecule has 6 nitrogen and oxygen atoms in total. The van der Waals surface area contributed by atoms with Gasteiger partial charge in [-0.3, -0.25) is 4.79 Å². The van der Waals surface area contributed by atoms with Crippen LogP contribution in [0.2, 0.25) is 4.34 Å². The Morgan fingerprint density at radius 2 is 2.13 bits per heavy atom. The van der Waals surface area contributed by atoms with E-state index in [0.29, 0.717) is 10.9 Å². The molecule has 0 aliphatic heterocycles. The molecule has 2 heterocycles. The number of thiophene rings is 1. The predicted molar refractivity (Wildman–Crippen MR) is 86.9 cm³/mol. The maximum atomic E-state index is 12.0. The summed E-state index contributed by atoms with van der Waals surface area (Å²) in [7, 11) is 3.04. The van der Waals surface area contributed by atoms with Crippen LogP contribution in [0, 0.1) is 0 Å². The van der Waals surface area contributed by atoms with Gasteiger partial charge in [0.25, 0.3) is 5.91 Å². The molecule has 0 N–H and O–H groups in total. The fraction of sp³-hybridized carbons (Fsp3) is 0.267. The zero-order valence-electron chi connectivity index (χ0n) is 12.6. The molecular formula is C15H15ClN2O4S. The van der Waals surface area contributed by atoms with E-state index >= 15 is 0 Å². The van der Waals surface area contributed by atoms with E-state index in [2.05, 4.69) is 4.98 Å². The Morgan fingerprint density at radius 1 is 1.35 bits per heavy atom. The number of methoxy groups -OCH3 is 1. The standard InChI is InChI=1S/C15H15ClN2O4S/c1-18(8-10-5-6-12(16)23-10)13(19)9-22-15(20)11-4-3-7-17-14(11)21-2/h3-7H,8-9H2,1-2H3. The van der Waals surface area contributed by atoms with Crippen LogP contribution in [-0.4, -0.2) is 42.5 Å². The average Bonchev–Trinajstić information content (AvgIpc) is 2.96. The SMILES string of the molecule is COc1ncccc1C(=O)OCC(=O)N(C)Cc1ccc(Cl)s1. The number of likely N-dealkylation sites (N-methyl/N-ethyl adjacent to an activating group) is 1. The molecule has 0 saturated carbocycles. The molecule has 0 radical (unpaired) electrons. The van der Waals surface area contributed by atoms with Gasteiger partial charge in [0.2, 0.25) is 5.88 Å². The molecule has 2 aromatic rings. The molecule has 0 aromatic carbocycles. The normalized spacial score (nSPS) is 10.2. The van der Waals surface area contributed by atoms with Crippen molar-refractivity contribution in [3.63, 3.8) is 0 Å². The number of esters is 1. The van der Waals surface area contributed by atoms with Gasteiger partial charge in [-0.15, -0.1) is 11.3 Å². The first-order chi connectivity index (χ1) is 11.0. The van der Waals surface area contributed by atoms with E-state index in [4.69, 9.17) is 21.1 Å². The zero-order chi connectivity index (χ0) is 16.8. The van der Waals surface area contributed by atoms with E-state index in [-0.39, 0.29) is 24.0 Å². The molecule has 0 bridgehead atoms. The maximum absolute atomic E-state index is 12.0. The first-order valence-electron chi connectivity index (χ1n) is 6.65. The molecule has 0 aliphatic rings. The Labute approximate surface area is 142 Å². The van der Waals surface area contributed by atoms with Crippen molar-refractivity contribution in [3.05, 3.63) is 45.2 Å². The zero-order valence-corrected chi connectivity index (χ0v) is 14.2. The quantitative estimate of drug-likeness (QED) is 0.746. The van der Waals surface area contributed by atoms with Crippen LogP contribution >= 0.6 is 22.9 Å². The van der Waals surface area contributed by atoms with E-state index < -0.39 is 5.97 Å². The first-order valence-corrected chi connectivity index (χ1v) is 7.85. The van der Waals surface area contributed by atoms with Gasteiger partial charge in [0.1, 0.15) is 5.56 Å². The third-order valence-electron chi connectivity index (χ3n) is 2.96. The predicted octanol–water partition coefficient (Wildman–Crippen LogP) is 2.62. The summed E-state index contributed by atoms with van der Waals surface area (Å²) in [6, 6.07) is 6.74. The van der Waals surface area contributed by atoms with Crippen LogP contribution in [0.1, 0.15) is 15.2 Å². The van der Waals surface area contributed by atoms with Crippen molar-refractivity contribution >= 4 is 34.8 Å². The molecule has 0 fully saturated rings. The molecular weight excluding hydrogens is 340 g/mol. The van der Waals surface area contributed by atoms with Crippen molar-refractivity contribution in [1.82, 2.24) is 9.88 Å². The van der Waals surface area contributed by atoms with E-state index in [9.17, 15) is 9.59 Å². The monoisotopic (exact) mass is 354 g/mol. The Morgan fingerprint density at radius 3 is 2.78 bits per heavy atom. The summed E-state index contributed by atoms with van der Waals surface area (Å²) in [5, 5.41) is 0. The number of carbonyl (C=O) groups is 2. The summed E-state index contributed by atoms with van der Waals surface area (Å²) < 4.78 is 10.7. The van der Waals surface area contributed by atoms with E-state index in [1.165, 1.54) is 35.6 Å². The second-order valence-electron chi connectivity index (χ2n) is 4.59. The second kappa shape index (κ2) is 7.94. The summed E-state index contributed by atoms with van der Waals surface area (Å²) in [6.07, 6.45) is 1.50. The largest absolute Gasteiger partial charge is 0.480 e. The van der Waals surface area contributed by atoms with Crippen LogP contribution in [0.4, 0.5) is 0 Å². The lowest BCUT2D eigenvalue weighted by atomic mass is 10.3. The van der Waals surface area contributed by atoms with Crippen molar-refractivity contribution in [1.29, 1.82) is 0 Å². The molecule has 2 rings (SSSR count). The lowest BCUT2D eigenvalue weighted by Crippen LogP contribution is -2.30. The molecule has 122 valence electrons. The molecule has 23 heavy (non-hydrogen) atoms. The van der Waals surface area contributed by atoms with Crippen LogP contribution in [0.5, 0.6) is 5.88 Å². The highest BCUT2D eigenvalue weighted by Crippen LogP contribution is 2.22. The molecule has 0 aliphatic carbocycles. The van der Waals surface area contributed by atoms with Gasteiger partial charge >= 0.3 is 5.97 Å². The van der Waals surface area contributed by atoms with Crippen LogP contribution in [0.3, 0.4) is 0 Å². The van der Waals surface area contributed by atoms with Crippen LogP contribution < -0.4 is 4.74 Å². The van der Waals surface area contributed by atoms with Gasteiger partial charge in [-0.1, -0.05) is 11.6 Å². The van der Waals surface area contributed by atoms with Crippen LogP contribution in [-0.2, 0) is 16.1 Å². The van der Waals surface area contributed by atoms with Crippen LogP contribution in [0.15, 0.2) is 30.5 Å². The summed E-state index contributed by atoms with van der Waals surface area (Å²) in [5.74, 6) is -0.812. The van der Waals surface area contributed by atoms with Gasteiger partial charge in [-0.05, 0) is 24.3 Å². The number of nitrogens with zero attached hydrogens (tertiary/aromatic N) is 2. The van der Waals surface area contributed by atoms with Gasteiger partial charge < -0.3 is 14.4 Å². The highest BCUT2D eigenvalue weighted by atomic mass is 35.5. The lowest BCUT2D eigenvalue weighted by molar-refractivity contribution is -0.133. The second-order valence-corrected chi connectivity index (χ2v) is 6.39. The van der Waals surface area contributed by atoms with E-state index in [1.807, 2.05) is 6.07 Å². The molecule has 0 spiro atoms. The van der Waals surface area contributed by atoms with E-state index in [0.717, 1.165) is 4.88 Å². The third kappa shape index (κ3) is 4.67. The van der Waals surface area contributed by atoms with Gasteiger partial charge in [-0.25, -0.2) is 9.78 Å². The molecule has 8 heteroatoms. The van der Waals surface area contributed by atoms with Crippen molar-refractivity contribution in [2.45, 2.75) is 6.54 Å². The molecule has 0 unspecified atom stereocenters. The summed E-state index contributed by atoms with van der Waals surface area (Å²) >= 11 is 7.25. The number of amides is 1. The Bertz CT molecular complexity index is 704. The highest BCUT2D eigenvalue weighted by molar-refractivity contribution is 7.16. The van der Waals surface area contributed by atoms with E-state index in [1.54, 1.807) is 19.2 Å². The fourth-order valence-corrected chi connectivity index (χ4v) is 2.92. The first kappa shape index (κ1) is 17.2. The number of pyridine rings is 1. The topological polar surface area (TPSA) is 68.7 Å². The van der Waals surface area contributed by atoms with Gasteiger partial charge in [0, 0.05) is 18.1 Å². The minimum Gasteiger partial charge on any atom is -0.480 e. The number of carbonyl (C=O) groups excluding carboxylic acids is 2. The number of aromatic nitrogens is 1. The highest BCUT2D eigenvalue weighted by Gasteiger charge is 2.17. The van der Waals surface area contributed by atoms with Crippen molar-refractivity contribution in [2.75, 3.05) is 20.8 Å². The van der Waals surface area contributed by atoms with Crippen molar-refractivity contribution in [2.24, 2.45) is 0 Å². The van der Waals surface area contributed by atoms with Crippen molar-refractivity contribution in [3.8, 4) is 5.88 Å². The number of hydrogen-bond donors (Lipinski definition) is 0. The molecule has 1 amide bonds. The smallest absolute Gasteiger partial charge is 0.344 e. The average molecular weight is 355 g/mol. The number of hydrogen-bond acceptors (Lipinski definition) is 6. The Hall–Kier alpha value is -2.12. The Kier molecular flexibility index (Phi) is 5.95. The Balaban J connectivity index is 1.89. The fourth-order valence-electron chi connectivity index (χ4n) is 1.78. The molecule has 0 atom stereocenters. The minimum absolute atomic E-state index is 0.159. The van der Waals surface area contributed by atoms with Gasteiger partial charge in [-0.2, -0.15) is 0 Å². The number of rotatable bonds is 6.